The average Bonchev–Trinajstić information content (AvgIpc) is 3.18. The molecule has 0 radical (unpaired) electrons. The summed E-state index contributed by atoms with van der Waals surface area (Å²) in [7, 11) is 0. The number of halogens is 1. The number of ether oxygens (including phenoxy) is 3. The van der Waals surface area contributed by atoms with Crippen molar-refractivity contribution in [3.8, 4) is 22.6 Å². The van der Waals surface area contributed by atoms with Gasteiger partial charge in [-0.15, -0.1) is 0 Å². The highest BCUT2D eigenvalue weighted by Crippen LogP contribution is 2.44. The van der Waals surface area contributed by atoms with Crippen LogP contribution in [0.5, 0.6) is 11.5 Å². The van der Waals surface area contributed by atoms with Gasteiger partial charge in [-0.2, -0.15) is 4.98 Å². The highest BCUT2D eigenvalue weighted by Gasteiger charge is 2.35. The Balaban J connectivity index is 1.27. The number of aryl methyl sites for hydroxylation is 1. The van der Waals surface area contributed by atoms with Gasteiger partial charge in [0.15, 0.2) is 0 Å². The Morgan fingerprint density at radius 3 is 2.19 bits per heavy atom. The molecule has 0 bridgehead atoms. The molecule has 1 aromatic carbocycles. The molecule has 1 N–H and O–H groups in total. The maximum atomic E-state index is 15.0. The van der Waals surface area contributed by atoms with E-state index in [4.69, 9.17) is 30.8 Å². The summed E-state index contributed by atoms with van der Waals surface area (Å²) >= 11 is 7.45. The Kier molecular flexibility index (Phi) is 13.7. The smallest absolute Gasteiger partial charge is 0.260 e. The molecule has 7 rings (SSSR count). The third kappa shape index (κ3) is 9.68. The Hall–Kier alpha value is -3.67. The summed E-state index contributed by atoms with van der Waals surface area (Å²) in [5.41, 5.74) is 1.46. The van der Waals surface area contributed by atoms with E-state index >= 15 is 0 Å². The Labute approximate surface area is 349 Å². The Morgan fingerprint density at radius 2 is 1.59 bits per heavy atom. The van der Waals surface area contributed by atoms with Crippen molar-refractivity contribution in [2.45, 2.75) is 111 Å². The third-order valence-corrected chi connectivity index (χ3v) is 13.7. The third-order valence-electron chi connectivity index (χ3n) is 13.3. The second kappa shape index (κ2) is 18.7. The van der Waals surface area contributed by atoms with E-state index in [0.717, 1.165) is 57.1 Å². The van der Waals surface area contributed by atoms with Crippen LogP contribution in [0, 0.1) is 35.5 Å². The molecule has 4 fully saturated rings. The summed E-state index contributed by atoms with van der Waals surface area (Å²) < 4.78 is 21.2. The number of carbonyl (C=O) groups is 1. The molecular formula is C46H65ClN6O5. The first-order valence-electron chi connectivity index (χ1n) is 21.9. The molecule has 2 saturated carbocycles. The predicted octanol–water partition coefficient (Wildman–Crippen LogP) is 8.32. The zero-order valence-electron chi connectivity index (χ0n) is 35.6. The number of pyridine rings is 1. The summed E-state index contributed by atoms with van der Waals surface area (Å²) in [5.74, 6) is 4.59. The molecule has 4 aliphatic rings. The zero-order valence-corrected chi connectivity index (χ0v) is 36.3. The number of hydrogen-bond donors (Lipinski definition) is 1. The molecule has 4 heterocycles. The van der Waals surface area contributed by atoms with E-state index in [2.05, 4.69) is 63.3 Å². The summed E-state index contributed by atoms with van der Waals surface area (Å²) in [4.78, 5) is 40.9. The molecule has 6 unspecified atom stereocenters. The number of benzene rings is 1. The second-order valence-corrected chi connectivity index (χ2v) is 18.7. The van der Waals surface area contributed by atoms with Gasteiger partial charge in [-0.05, 0) is 92.4 Å². The van der Waals surface area contributed by atoms with Gasteiger partial charge in [-0.25, -0.2) is 4.98 Å². The van der Waals surface area contributed by atoms with Crippen LogP contribution >= 0.6 is 11.6 Å². The van der Waals surface area contributed by atoms with Crippen LogP contribution in [0.4, 0.5) is 5.95 Å². The highest BCUT2D eigenvalue weighted by molar-refractivity contribution is 6.35. The van der Waals surface area contributed by atoms with E-state index in [1.165, 1.54) is 18.9 Å². The van der Waals surface area contributed by atoms with Crippen molar-refractivity contribution in [3.63, 3.8) is 0 Å². The van der Waals surface area contributed by atoms with Gasteiger partial charge in [-0.1, -0.05) is 72.6 Å². The van der Waals surface area contributed by atoms with Crippen molar-refractivity contribution in [3.05, 3.63) is 52.4 Å². The van der Waals surface area contributed by atoms with E-state index in [1.807, 2.05) is 23.1 Å². The summed E-state index contributed by atoms with van der Waals surface area (Å²) in [6.45, 7) is 22.7. The summed E-state index contributed by atoms with van der Waals surface area (Å²) in [6.07, 6.45) is 10.5. The lowest BCUT2D eigenvalue weighted by atomic mass is 9.75. The van der Waals surface area contributed by atoms with Crippen molar-refractivity contribution in [2.75, 3.05) is 51.3 Å². The number of aromatic nitrogens is 3. The molecular weight excluding hydrogens is 752 g/mol. The van der Waals surface area contributed by atoms with E-state index in [0.29, 0.717) is 108 Å². The van der Waals surface area contributed by atoms with Crippen LogP contribution < -0.4 is 20.3 Å². The maximum absolute atomic E-state index is 15.0. The number of amides is 1. The maximum Gasteiger partial charge on any atom is 0.260 e. The minimum atomic E-state index is -0.173. The van der Waals surface area contributed by atoms with E-state index in [-0.39, 0.29) is 29.7 Å². The van der Waals surface area contributed by atoms with Gasteiger partial charge in [0.2, 0.25) is 11.9 Å². The average molecular weight is 818 g/mol. The van der Waals surface area contributed by atoms with Gasteiger partial charge in [0.1, 0.15) is 29.4 Å². The topological polar surface area (TPSA) is 111 Å². The zero-order chi connectivity index (χ0) is 41.1. The molecule has 12 heteroatoms. The first-order valence-corrected chi connectivity index (χ1v) is 22.3. The lowest BCUT2D eigenvalue weighted by molar-refractivity contribution is -0.127. The van der Waals surface area contributed by atoms with Crippen LogP contribution in [0.15, 0.2) is 41.8 Å². The first-order chi connectivity index (χ1) is 27.9. The quantitative estimate of drug-likeness (QED) is 0.161. The van der Waals surface area contributed by atoms with Gasteiger partial charge < -0.3 is 24.4 Å². The molecule has 1 amide bonds. The fourth-order valence-electron chi connectivity index (χ4n) is 9.66. The van der Waals surface area contributed by atoms with Crippen LogP contribution in [0.1, 0.15) is 86.5 Å². The predicted molar refractivity (Wildman–Crippen MR) is 232 cm³/mol. The molecule has 2 aliphatic carbocycles. The Morgan fingerprint density at radius 1 is 0.931 bits per heavy atom. The number of hydrogen-bond acceptors (Lipinski definition) is 9. The van der Waals surface area contributed by atoms with Crippen LogP contribution in [0.25, 0.3) is 22.2 Å². The monoisotopic (exact) mass is 816 g/mol. The van der Waals surface area contributed by atoms with E-state index in [1.54, 1.807) is 10.8 Å². The standard InChI is InChI=1S/C46H65ClN6O5/c1-8-42(54)52-18-16-51(17-19-52)14-9-15-53-44-32(25-48-46(50-44)49-33-26-56-27-33)22-38(45(53)55)37-23-34(57-39-20-30(6)10-12-35(39)28(2)3)24-41(43(37)47)58-40-21-31(7)11-13-36(40)29(4)5/h8,22-25,28-31,33,35-36,39-40H,1,9-21,26-27H2,2-7H3,(H,48,49,50). The van der Waals surface area contributed by atoms with Gasteiger partial charge in [0, 0.05) is 61.5 Å². The van der Waals surface area contributed by atoms with Crippen molar-refractivity contribution >= 4 is 34.5 Å². The van der Waals surface area contributed by atoms with Gasteiger partial charge in [-0.3, -0.25) is 19.1 Å². The minimum absolute atomic E-state index is 0.00729. The van der Waals surface area contributed by atoms with Crippen LogP contribution in [-0.2, 0) is 16.1 Å². The number of nitrogens with zero attached hydrogens (tertiary/aromatic N) is 5. The lowest BCUT2D eigenvalue weighted by Gasteiger charge is -2.38. The van der Waals surface area contributed by atoms with Gasteiger partial charge in [0.05, 0.1) is 24.3 Å². The second-order valence-electron chi connectivity index (χ2n) is 18.3. The van der Waals surface area contributed by atoms with Crippen molar-refractivity contribution < 1.29 is 19.0 Å². The molecule has 58 heavy (non-hydrogen) atoms. The molecule has 2 aromatic heterocycles. The summed E-state index contributed by atoms with van der Waals surface area (Å²) in [6, 6.07) is 5.95. The van der Waals surface area contributed by atoms with Crippen molar-refractivity contribution in [1.29, 1.82) is 0 Å². The number of fused-ring (bicyclic) bond motifs is 1. The van der Waals surface area contributed by atoms with E-state index < -0.39 is 0 Å². The first kappa shape index (κ1) is 42.5. The van der Waals surface area contributed by atoms with Gasteiger partial charge >= 0.3 is 0 Å². The van der Waals surface area contributed by atoms with Gasteiger partial charge in [0.25, 0.3) is 5.56 Å². The lowest BCUT2D eigenvalue weighted by Crippen LogP contribution is -2.48. The van der Waals surface area contributed by atoms with Crippen LogP contribution in [0.2, 0.25) is 5.02 Å². The molecule has 316 valence electrons. The number of carbonyl (C=O) groups excluding carboxylic acids is 1. The summed E-state index contributed by atoms with van der Waals surface area (Å²) in [5, 5.41) is 4.52. The van der Waals surface area contributed by atoms with Crippen LogP contribution in [-0.4, -0.2) is 94.4 Å². The van der Waals surface area contributed by atoms with Crippen LogP contribution in [0.3, 0.4) is 0 Å². The minimum Gasteiger partial charge on any atom is -0.490 e. The Bertz CT molecular complexity index is 1970. The highest BCUT2D eigenvalue weighted by atomic mass is 35.5. The molecule has 11 nitrogen and oxygen atoms in total. The molecule has 2 aliphatic heterocycles. The SMILES string of the molecule is C=CC(=O)N1CCN(CCCn2c(=O)c(-c3cc(OC4CC(C)CCC4C(C)C)cc(OC4CC(C)CCC4C(C)C)c3Cl)cc3cnc(NC4COC4)nc32)CC1. The number of nitrogens with one attached hydrogen (secondary N) is 1. The number of rotatable bonds is 14. The normalized spacial score (nSPS) is 25.8. The van der Waals surface area contributed by atoms with Crippen molar-refractivity contribution in [2.24, 2.45) is 35.5 Å². The molecule has 6 atom stereocenters. The fraction of sp³-hybridized carbons (Fsp3) is 0.652. The van der Waals surface area contributed by atoms with Crippen molar-refractivity contribution in [1.82, 2.24) is 24.3 Å². The molecule has 3 aromatic rings. The molecule has 0 spiro atoms. The fourth-order valence-corrected chi connectivity index (χ4v) is 9.92. The molecule has 2 saturated heterocycles. The number of piperazine rings is 1. The number of anilines is 1. The largest absolute Gasteiger partial charge is 0.490 e. The van der Waals surface area contributed by atoms with E-state index in [9.17, 15) is 9.59 Å².